The van der Waals surface area contributed by atoms with Crippen molar-refractivity contribution in [2.24, 2.45) is 4.99 Å². The first-order chi connectivity index (χ1) is 21.5. The maximum absolute atomic E-state index is 14.3. The molecule has 0 N–H and O–H groups in total. The van der Waals surface area contributed by atoms with Gasteiger partial charge in [-0.15, -0.1) is 0 Å². The molecule has 0 saturated heterocycles. The van der Waals surface area contributed by atoms with Crippen molar-refractivity contribution in [3.05, 3.63) is 135 Å². The third-order valence-corrected chi connectivity index (χ3v) is 10.1. The Labute approximate surface area is 275 Å². The molecule has 3 heterocycles. The first-order valence-electron chi connectivity index (χ1n) is 14.7. The third-order valence-electron chi connectivity index (χ3n) is 8.56. The molecule has 0 amide bonds. The summed E-state index contributed by atoms with van der Waals surface area (Å²) in [5, 5.41) is 2.23. The van der Waals surface area contributed by atoms with Crippen LogP contribution in [0.2, 0.25) is 10.0 Å². The Morgan fingerprint density at radius 3 is 2.47 bits per heavy atom. The van der Waals surface area contributed by atoms with E-state index in [1.165, 1.54) is 24.0 Å². The zero-order valence-corrected chi connectivity index (χ0v) is 28.3. The van der Waals surface area contributed by atoms with Crippen LogP contribution in [0.5, 0.6) is 0 Å². The van der Waals surface area contributed by atoms with Crippen molar-refractivity contribution >= 4 is 57.5 Å². The minimum absolute atomic E-state index is 0.209. The van der Waals surface area contributed by atoms with E-state index < -0.39 is 12.0 Å². The fraction of sp³-hybridized carbons (Fsp3) is 0.250. The summed E-state index contributed by atoms with van der Waals surface area (Å²) in [6, 6.07) is 19.2. The lowest BCUT2D eigenvalue weighted by atomic mass is 9.93. The number of benzene rings is 3. The average molecular weight is 659 g/mol. The summed E-state index contributed by atoms with van der Waals surface area (Å²) in [5.74, 6) is -0.151. The standard InChI is InChI=1S/C36H33Cl2N3O3S/c1-19(2)23-10-12-24(13-11-23)33-31(35(43)44-6)21(4)39-36-41(33)34(42)30(45-36)17-28-22(5)40(32-20(3)8-7-9-27(28)32)18-25-14-15-26(37)16-29(25)38/h7-17,19,33H,18H2,1-6H3/b30-17-/t33-/m1/s1. The van der Waals surface area contributed by atoms with Crippen molar-refractivity contribution in [1.29, 1.82) is 0 Å². The van der Waals surface area contributed by atoms with Crippen LogP contribution in [-0.2, 0) is 16.1 Å². The highest BCUT2D eigenvalue weighted by molar-refractivity contribution is 7.07. The van der Waals surface area contributed by atoms with Gasteiger partial charge < -0.3 is 9.30 Å². The van der Waals surface area contributed by atoms with Gasteiger partial charge in [0.05, 0.1) is 34.5 Å². The van der Waals surface area contributed by atoms with Crippen molar-refractivity contribution in [3.63, 3.8) is 0 Å². The average Bonchev–Trinajstić information content (AvgIpc) is 3.46. The summed E-state index contributed by atoms with van der Waals surface area (Å²) in [6.45, 7) is 10.7. The highest BCUT2D eigenvalue weighted by Crippen LogP contribution is 2.33. The van der Waals surface area contributed by atoms with Gasteiger partial charge in [-0.05, 0) is 67.2 Å². The van der Waals surface area contributed by atoms with Gasteiger partial charge in [0, 0.05) is 33.2 Å². The number of methoxy groups -OCH3 is 1. The summed E-state index contributed by atoms with van der Waals surface area (Å²) < 4.78 is 9.58. The lowest BCUT2D eigenvalue weighted by molar-refractivity contribution is -0.136. The zero-order chi connectivity index (χ0) is 32.2. The van der Waals surface area contributed by atoms with Gasteiger partial charge in [-0.1, -0.05) is 96.9 Å². The van der Waals surface area contributed by atoms with Crippen molar-refractivity contribution in [2.45, 2.75) is 53.1 Å². The molecule has 1 aliphatic heterocycles. The molecule has 0 aliphatic carbocycles. The van der Waals surface area contributed by atoms with E-state index in [4.69, 9.17) is 32.9 Å². The number of nitrogens with zero attached hydrogens (tertiary/aromatic N) is 3. The van der Waals surface area contributed by atoms with Gasteiger partial charge in [0.2, 0.25) is 0 Å². The molecule has 0 radical (unpaired) electrons. The number of carbonyl (C=O) groups excluding carboxylic acids is 1. The molecule has 6 nitrogen and oxygen atoms in total. The molecule has 2 aromatic heterocycles. The molecular formula is C36H33Cl2N3O3S. The molecule has 0 bridgehead atoms. The molecule has 9 heteroatoms. The molecule has 0 saturated carbocycles. The molecule has 0 spiro atoms. The van der Waals surface area contributed by atoms with Gasteiger partial charge in [-0.3, -0.25) is 9.36 Å². The highest BCUT2D eigenvalue weighted by Gasteiger charge is 2.33. The Kier molecular flexibility index (Phi) is 8.37. The summed E-state index contributed by atoms with van der Waals surface area (Å²) in [7, 11) is 1.35. The van der Waals surface area contributed by atoms with Gasteiger partial charge in [0.15, 0.2) is 4.80 Å². The Bertz CT molecular complexity index is 2200. The van der Waals surface area contributed by atoms with E-state index in [0.29, 0.717) is 43.1 Å². The van der Waals surface area contributed by atoms with Crippen LogP contribution in [-0.4, -0.2) is 22.2 Å². The van der Waals surface area contributed by atoms with E-state index in [1.807, 2.05) is 48.5 Å². The first-order valence-corrected chi connectivity index (χ1v) is 16.3. The number of esters is 1. The fourth-order valence-electron chi connectivity index (χ4n) is 6.14. The number of thiazole rings is 1. The number of hydrogen-bond acceptors (Lipinski definition) is 5. The highest BCUT2D eigenvalue weighted by atomic mass is 35.5. The SMILES string of the molecule is COC(=O)C1=C(C)N=c2s/c(=C\c3c(C)n(Cc4ccc(Cl)cc4Cl)c4c(C)cccc34)c(=O)n2[C@@H]1c1ccc(C(C)C)cc1. The molecule has 0 fully saturated rings. The Morgan fingerprint density at radius 2 is 1.80 bits per heavy atom. The van der Waals surface area contributed by atoms with Gasteiger partial charge in [-0.2, -0.15) is 0 Å². The summed E-state index contributed by atoms with van der Waals surface area (Å²) in [6.07, 6.45) is 1.96. The van der Waals surface area contributed by atoms with E-state index in [2.05, 4.69) is 44.4 Å². The number of rotatable bonds is 6. The van der Waals surface area contributed by atoms with Crippen LogP contribution in [0.3, 0.4) is 0 Å². The van der Waals surface area contributed by atoms with Crippen molar-refractivity contribution in [2.75, 3.05) is 7.11 Å². The molecule has 3 aromatic carbocycles. The van der Waals surface area contributed by atoms with Gasteiger partial charge in [0.1, 0.15) is 0 Å². The Morgan fingerprint density at radius 1 is 1.07 bits per heavy atom. The maximum Gasteiger partial charge on any atom is 0.338 e. The number of para-hydroxylation sites is 1. The van der Waals surface area contributed by atoms with Crippen LogP contribution in [0, 0.1) is 13.8 Å². The largest absolute Gasteiger partial charge is 0.466 e. The molecule has 230 valence electrons. The predicted octanol–water partition coefficient (Wildman–Crippen LogP) is 7.46. The van der Waals surface area contributed by atoms with Crippen molar-refractivity contribution in [3.8, 4) is 0 Å². The van der Waals surface area contributed by atoms with Gasteiger partial charge in [0.25, 0.3) is 5.56 Å². The van der Waals surface area contributed by atoms with Crippen LogP contribution in [0.4, 0.5) is 0 Å². The van der Waals surface area contributed by atoms with E-state index in [9.17, 15) is 9.59 Å². The zero-order valence-electron chi connectivity index (χ0n) is 25.9. The number of aryl methyl sites for hydroxylation is 1. The number of aromatic nitrogens is 2. The monoisotopic (exact) mass is 657 g/mol. The number of ether oxygens (including phenoxy) is 1. The lowest BCUT2D eigenvalue weighted by Gasteiger charge is -2.24. The van der Waals surface area contributed by atoms with Crippen LogP contribution in [0.25, 0.3) is 17.0 Å². The number of carbonyl (C=O) groups is 1. The quantitative estimate of drug-likeness (QED) is 0.178. The normalized spacial score (nSPS) is 15.1. The molecular weight excluding hydrogens is 625 g/mol. The van der Waals surface area contributed by atoms with Gasteiger partial charge in [-0.25, -0.2) is 9.79 Å². The van der Waals surface area contributed by atoms with Crippen LogP contribution >= 0.6 is 34.5 Å². The second-order valence-electron chi connectivity index (χ2n) is 11.7. The predicted molar refractivity (Wildman–Crippen MR) is 183 cm³/mol. The smallest absolute Gasteiger partial charge is 0.338 e. The molecule has 5 aromatic rings. The summed E-state index contributed by atoms with van der Waals surface area (Å²) in [4.78, 5) is 32.7. The molecule has 1 aliphatic rings. The van der Waals surface area contributed by atoms with Gasteiger partial charge >= 0.3 is 5.97 Å². The molecule has 1 atom stereocenters. The topological polar surface area (TPSA) is 65.6 Å². The van der Waals surface area contributed by atoms with Crippen molar-refractivity contribution < 1.29 is 9.53 Å². The number of allylic oxidation sites excluding steroid dienone is 1. The number of hydrogen-bond donors (Lipinski definition) is 0. The number of fused-ring (bicyclic) bond motifs is 2. The molecule has 45 heavy (non-hydrogen) atoms. The minimum Gasteiger partial charge on any atom is -0.466 e. The third kappa shape index (κ3) is 5.47. The molecule has 0 unspecified atom stereocenters. The van der Waals surface area contributed by atoms with E-state index in [1.54, 1.807) is 17.6 Å². The fourth-order valence-corrected chi connectivity index (χ4v) is 7.64. The van der Waals surface area contributed by atoms with E-state index in [0.717, 1.165) is 38.9 Å². The second kappa shape index (κ2) is 12.1. The van der Waals surface area contributed by atoms with Crippen molar-refractivity contribution in [1.82, 2.24) is 9.13 Å². The van der Waals surface area contributed by atoms with E-state index in [-0.39, 0.29) is 5.56 Å². The van der Waals surface area contributed by atoms with Crippen LogP contribution in [0.15, 0.2) is 81.7 Å². The minimum atomic E-state index is -0.659. The second-order valence-corrected chi connectivity index (χ2v) is 13.5. The van der Waals surface area contributed by atoms with E-state index >= 15 is 0 Å². The Hall–Kier alpha value is -3.91. The molecule has 6 rings (SSSR count). The summed E-state index contributed by atoms with van der Waals surface area (Å²) in [5.41, 5.74) is 7.78. The van der Waals surface area contributed by atoms with Crippen LogP contribution in [0.1, 0.15) is 66.2 Å². The maximum atomic E-state index is 14.3. The number of halogens is 2. The lowest BCUT2D eigenvalue weighted by Crippen LogP contribution is -2.39. The Balaban J connectivity index is 1.56. The first kappa shape index (κ1) is 31.1. The van der Waals surface area contributed by atoms with Crippen LogP contribution < -0.4 is 14.9 Å². The summed E-state index contributed by atoms with van der Waals surface area (Å²) >= 11 is 14.1.